The third kappa shape index (κ3) is 2.58. The Hall–Kier alpha value is -1.75. The molecule has 0 radical (unpaired) electrons. The largest absolute Gasteiger partial charge is 0.378 e. The van der Waals surface area contributed by atoms with Gasteiger partial charge in [0.2, 0.25) is 0 Å². The fourth-order valence-electron chi connectivity index (χ4n) is 2.74. The Balaban J connectivity index is 1.86. The number of aromatic nitrogens is 2. The number of hydrogen-bond donors (Lipinski definition) is 0. The number of rotatable bonds is 3. The fourth-order valence-corrected chi connectivity index (χ4v) is 2.74. The summed E-state index contributed by atoms with van der Waals surface area (Å²) in [5.41, 5.74) is 0.781. The van der Waals surface area contributed by atoms with Gasteiger partial charge in [0.1, 0.15) is 18.0 Å². The van der Waals surface area contributed by atoms with Crippen molar-refractivity contribution in [2.45, 2.75) is 25.9 Å². The van der Waals surface area contributed by atoms with E-state index in [1.165, 1.54) is 12.1 Å². The Morgan fingerprint density at radius 2 is 2.10 bits per heavy atom. The first-order valence-electron chi connectivity index (χ1n) is 7.04. The molecule has 3 rings (SSSR count). The summed E-state index contributed by atoms with van der Waals surface area (Å²) in [7, 11) is 0. The van der Waals surface area contributed by atoms with E-state index in [1.54, 1.807) is 12.4 Å². The van der Waals surface area contributed by atoms with Gasteiger partial charge in [0, 0.05) is 25.1 Å². The second-order valence-corrected chi connectivity index (χ2v) is 5.00. The molecule has 0 amide bonds. The fraction of sp³-hybridized carbons (Fsp3) is 0.467. The van der Waals surface area contributed by atoms with Crippen LogP contribution in [0.5, 0.6) is 0 Å². The van der Waals surface area contributed by atoms with E-state index in [-0.39, 0.29) is 5.82 Å². The number of hydrogen-bond acceptors (Lipinski definition) is 4. The summed E-state index contributed by atoms with van der Waals surface area (Å²) in [6, 6.07) is 4.64. The van der Waals surface area contributed by atoms with E-state index in [2.05, 4.69) is 14.9 Å². The third-order valence-electron chi connectivity index (χ3n) is 3.72. The quantitative estimate of drug-likeness (QED) is 0.863. The molecule has 1 aromatic carbocycles. The summed E-state index contributed by atoms with van der Waals surface area (Å²) in [4.78, 5) is 10.7. The lowest BCUT2D eigenvalue weighted by Gasteiger charge is -2.33. The number of halogens is 1. The van der Waals surface area contributed by atoms with Crippen LogP contribution in [0, 0.1) is 5.82 Å². The highest BCUT2D eigenvalue weighted by molar-refractivity contribution is 5.89. The summed E-state index contributed by atoms with van der Waals surface area (Å²) in [6.07, 6.45) is 3.84. The summed E-state index contributed by atoms with van der Waals surface area (Å²) in [5.74, 6) is 0.571. The maximum absolute atomic E-state index is 13.5. The van der Waals surface area contributed by atoms with Crippen molar-refractivity contribution in [3.63, 3.8) is 0 Å². The molecule has 1 saturated heterocycles. The molecule has 106 valence electrons. The van der Waals surface area contributed by atoms with Crippen LogP contribution >= 0.6 is 0 Å². The molecule has 1 aliphatic heterocycles. The van der Waals surface area contributed by atoms with Crippen LogP contribution in [0.3, 0.4) is 0 Å². The molecule has 2 heterocycles. The van der Waals surface area contributed by atoms with Crippen LogP contribution in [0.25, 0.3) is 10.9 Å². The van der Waals surface area contributed by atoms with E-state index in [0.717, 1.165) is 49.3 Å². The minimum Gasteiger partial charge on any atom is -0.378 e. The topological polar surface area (TPSA) is 38.2 Å². The standard InChI is InChI=1S/C15H18FN3O/c1-2-20-12-5-7-19(8-6-12)15-13-9-11(16)3-4-14(13)17-10-18-15/h3-4,9-10,12H,2,5-8H2,1H3. The van der Waals surface area contributed by atoms with Crippen molar-refractivity contribution in [1.29, 1.82) is 0 Å². The van der Waals surface area contributed by atoms with Gasteiger partial charge in [-0.3, -0.25) is 0 Å². The molecule has 20 heavy (non-hydrogen) atoms. The average molecular weight is 275 g/mol. The monoisotopic (exact) mass is 275 g/mol. The van der Waals surface area contributed by atoms with Gasteiger partial charge in [-0.15, -0.1) is 0 Å². The number of benzene rings is 1. The van der Waals surface area contributed by atoms with Crippen LogP contribution < -0.4 is 4.90 Å². The van der Waals surface area contributed by atoms with Gasteiger partial charge in [-0.2, -0.15) is 0 Å². The van der Waals surface area contributed by atoms with E-state index < -0.39 is 0 Å². The summed E-state index contributed by atoms with van der Waals surface area (Å²) < 4.78 is 19.1. The molecule has 0 bridgehead atoms. The van der Waals surface area contributed by atoms with Gasteiger partial charge >= 0.3 is 0 Å². The lowest BCUT2D eigenvalue weighted by Crippen LogP contribution is -2.37. The van der Waals surface area contributed by atoms with E-state index in [4.69, 9.17) is 4.74 Å². The summed E-state index contributed by atoms with van der Waals surface area (Å²) >= 11 is 0. The van der Waals surface area contributed by atoms with Crippen LogP contribution in [0.1, 0.15) is 19.8 Å². The van der Waals surface area contributed by atoms with E-state index >= 15 is 0 Å². The van der Waals surface area contributed by atoms with Gasteiger partial charge in [-0.05, 0) is 38.0 Å². The predicted octanol–water partition coefficient (Wildman–Crippen LogP) is 2.77. The molecular weight excluding hydrogens is 257 g/mol. The van der Waals surface area contributed by atoms with Gasteiger partial charge in [-0.25, -0.2) is 14.4 Å². The third-order valence-corrected chi connectivity index (χ3v) is 3.72. The molecule has 1 aromatic heterocycles. The second kappa shape index (κ2) is 5.71. The zero-order chi connectivity index (χ0) is 13.9. The molecule has 0 N–H and O–H groups in total. The molecular formula is C15H18FN3O. The van der Waals surface area contributed by atoms with Crippen molar-refractivity contribution < 1.29 is 9.13 Å². The Morgan fingerprint density at radius 3 is 2.85 bits per heavy atom. The van der Waals surface area contributed by atoms with E-state index in [0.29, 0.717) is 6.10 Å². The SMILES string of the molecule is CCOC1CCN(c2ncnc3ccc(F)cc23)CC1. The normalized spacial score (nSPS) is 16.8. The predicted molar refractivity (Wildman–Crippen MR) is 76.4 cm³/mol. The van der Waals surface area contributed by atoms with Crippen LogP contribution in [-0.4, -0.2) is 35.8 Å². The van der Waals surface area contributed by atoms with Crippen molar-refractivity contribution in [2.24, 2.45) is 0 Å². The second-order valence-electron chi connectivity index (χ2n) is 5.00. The lowest BCUT2D eigenvalue weighted by molar-refractivity contribution is 0.0459. The highest BCUT2D eigenvalue weighted by Gasteiger charge is 2.21. The van der Waals surface area contributed by atoms with E-state index in [9.17, 15) is 4.39 Å². The van der Waals surface area contributed by atoms with Crippen LogP contribution in [0.4, 0.5) is 10.2 Å². The first-order valence-corrected chi connectivity index (χ1v) is 7.04. The van der Waals surface area contributed by atoms with Gasteiger partial charge in [-0.1, -0.05) is 0 Å². The number of piperidine rings is 1. The smallest absolute Gasteiger partial charge is 0.139 e. The zero-order valence-corrected chi connectivity index (χ0v) is 11.6. The van der Waals surface area contributed by atoms with Gasteiger partial charge in [0.15, 0.2) is 0 Å². The molecule has 1 aliphatic rings. The maximum atomic E-state index is 13.5. The molecule has 0 atom stereocenters. The molecule has 0 saturated carbocycles. The highest BCUT2D eigenvalue weighted by Crippen LogP contribution is 2.26. The van der Waals surface area contributed by atoms with Gasteiger partial charge in [0.05, 0.1) is 11.6 Å². The van der Waals surface area contributed by atoms with Crippen molar-refractivity contribution in [1.82, 2.24) is 9.97 Å². The van der Waals surface area contributed by atoms with Crippen molar-refractivity contribution in [2.75, 3.05) is 24.6 Å². The molecule has 5 heteroatoms. The van der Waals surface area contributed by atoms with Crippen molar-refractivity contribution in [3.8, 4) is 0 Å². The Kier molecular flexibility index (Phi) is 3.78. The lowest BCUT2D eigenvalue weighted by atomic mass is 10.1. The Labute approximate surface area is 117 Å². The van der Waals surface area contributed by atoms with Crippen LogP contribution in [0.2, 0.25) is 0 Å². The maximum Gasteiger partial charge on any atom is 0.139 e. The molecule has 0 spiro atoms. The molecule has 4 nitrogen and oxygen atoms in total. The zero-order valence-electron chi connectivity index (χ0n) is 11.6. The number of fused-ring (bicyclic) bond motifs is 1. The van der Waals surface area contributed by atoms with Gasteiger partial charge < -0.3 is 9.64 Å². The molecule has 0 unspecified atom stereocenters. The highest BCUT2D eigenvalue weighted by atomic mass is 19.1. The van der Waals surface area contributed by atoms with Crippen molar-refractivity contribution in [3.05, 3.63) is 30.3 Å². The minimum absolute atomic E-state index is 0.252. The van der Waals surface area contributed by atoms with Gasteiger partial charge in [0.25, 0.3) is 0 Å². The Bertz CT molecular complexity index is 597. The average Bonchev–Trinajstić information content (AvgIpc) is 2.48. The number of anilines is 1. The summed E-state index contributed by atoms with van der Waals surface area (Å²) in [6.45, 7) is 4.54. The first kappa shape index (κ1) is 13.2. The number of ether oxygens (including phenoxy) is 1. The molecule has 0 aliphatic carbocycles. The van der Waals surface area contributed by atoms with Crippen LogP contribution in [-0.2, 0) is 4.74 Å². The number of nitrogens with zero attached hydrogens (tertiary/aromatic N) is 3. The minimum atomic E-state index is -0.252. The first-order chi connectivity index (χ1) is 9.78. The van der Waals surface area contributed by atoms with Crippen molar-refractivity contribution >= 4 is 16.7 Å². The summed E-state index contributed by atoms with van der Waals surface area (Å²) in [5, 5.41) is 0.780. The molecule has 1 fully saturated rings. The van der Waals surface area contributed by atoms with E-state index in [1.807, 2.05) is 6.92 Å². The Morgan fingerprint density at radius 1 is 1.30 bits per heavy atom. The van der Waals surface area contributed by atoms with Crippen LogP contribution in [0.15, 0.2) is 24.5 Å². The molecule has 2 aromatic rings.